The zero-order valence-corrected chi connectivity index (χ0v) is 13.0. The van der Waals surface area contributed by atoms with Crippen LogP contribution in [0.3, 0.4) is 0 Å². The lowest BCUT2D eigenvalue weighted by Gasteiger charge is -2.15. The molecule has 2 atom stereocenters. The summed E-state index contributed by atoms with van der Waals surface area (Å²) in [5.74, 6) is -0.0797. The number of hydrogen-bond acceptors (Lipinski definition) is 5. The van der Waals surface area contributed by atoms with Gasteiger partial charge in [0, 0.05) is 22.9 Å². The number of nitriles is 1. The average molecular weight is 319 g/mol. The van der Waals surface area contributed by atoms with E-state index in [1.54, 1.807) is 25.3 Å². The van der Waals surface area contributed by atoms with Crippen LogP contribution in [0.15, 0.2) is 28.2 Å². The molecule has 0 bridgehead atoms. The molecule has 2 unspecified atom stereocenters. The molecule has 7 heteroatoms. The third kappa shape index (κ3) is 3.31. The van der Waals surface area contributed by atoms with Gasteiger partial charge in [0.25, 0.3) is 5.69 Å². The number of aliphatic imine (C=N–C) groups is 2. The number of benzene rings is 1. The number of halogens is 1. The topological polar surface area (TPSA) is 91.7 Å². The molecule has 0 N–H and O–H groups in total. The molecule has 0 aromatic heterocycles. The summed E-state index contributed by atoms with van der Waals surface area (Å²) in [6.07, 6.45) is 2.78. The lowest BCUT2D eigenvalue weighted by molar-refractivity contribution is -0.385. The Labute approximate surface area is 133 Å². The molecule has 0 spiro atoms. The molecule has 1 aromatic carbocycles. The molecule has 0 radical (unpaired) electrons. The van der Waals surface area contributed by atoms with Crippen LogP contribution in [0, 0.1) is 21.4 Å². The predicted molar refractivity (Wildman–Crippen MR) is 85.7 cm³/mol. The maximum absolute atomic E-state index is 11.2. The monoisotopic (exact) mass is 318 g/mol. The Balaban J connectivity index is 2.31. The van der Waals surface area contributed by atoms with Crippen molar-refractivity contribution < 1.29 is 4.92 Å². The first kappa shape index (κ1) is 16.1. The smallest absolute Gasteiger partial charge is 0.258 e. The Morgan fingerprint density at radius 2 is 2.27 bits per heavy atom. The highest BCUT2D eigenvalue weighted by molar-refractivity contribution is 6.32. The molecule has 0 saturated carbocycles. The van der Waals surface area contributed by atoms with Crippen molar-refractivity contribution in [1.82, 2.24) is 0 Å². The van der Waals surface area contributed by atoms with E-state index >= 15 is 0 Å². The molecule has 22 heavy (non-hydrogen) atoms. The quantitative estimate of drug-likeness (QED) is 0.608. The summed E-state index contributed by atoms with van der Waals surface area (Å²) in [5, 5.41) is 20.6. The third-order valence-electron chi connectivity index (χ3n) is 3.62. The summed E-state index contributed by atoms with van der Waals surface area (Å²) in [4.78, 5) is 19.2. The van der Waals surface area contributed by atoms with E-state index in [1.165, 1.54) is 6.07 Å². The fourth-order valence-corrected chi connectivity index (χ4v) is 2.60. The molecule has 1 aliphatic rings. The van der Waals surface area contributed by atoms with Crippen LogP contribution in [0.5, 0.6) is 0 Å². The molecule has 114 valence electrons. The molecule has 0 aliphatic carbocycles. The van der Waals surface area contributed by atoms with Crippen LogP contribution >= 0.6 is 11.6 Å². The SMILES string of the molecule is CCC(CC1=NC(C)(C#N)N=C1)c1ccc(Cl)cc1[N+](=O)[O-]. The molecule has 1 aromatic rings. The minimum atomic E-state index is -1.07. The van der Waals surface area contributed by atoms with Gasteiger partial charge in [-0.1, -0.05) is 24.6 Å². The molecule has 6 nitrogen and oxygen atoms in total. The van der Waals surface area contributed by atoms with E-state index in [4.69, 9.17) is 16.9 Å². The first-order valence-corrected chi connectivity index (χ1v) is 7.25. The Hall–Kier alpha value is -2.26. The fourth-order valence-electron chi connectivity index (χ4n) is 2.44. The van der Waals surface area contributed by atoms with Crippen LogP contribution in [0.1, 0.15) is 38.2 Å². The lowest BCUT2D eigenvalue weighted by Crippen LogP contribution is -2.13. The lowest BCUT2D eigenvalue weighted by atomic mass is 9.90. The summed E-state index contributed by atoms with van der Waals surface area (Å²) in [6.45, 7) is 3.58. The van der Waals surface area contributed by atoms with E-state index < -0.39 is 10.6 Å². The molecule has 0 amide bonds. The highest BCUT2D eigenvalue weighted by Crippen LogP contribution is 2.34. The minimum Gasteiger partial charge on any atom is -0.258 e. The van der Waals surface area contributed by atoms with Gasteiger partial charge in [-0.2, -0.15) is 5.26 Å². The van der Waals surface area contributed by atoms with Gasteiger partial charge in [-0.05, 0) is 31.7 Å². The van der Waals surface area contributed by atoms with Gasteiger partial charge in [-0.3, -0.25) is 10.1 Å². The predicted octanol–water partition coefficient (Wildman–Crippen LogP) is 3.90. The van der Waals surface area contributed by atoms with Gasteiger partial charge in [0.2, 0.25) is 5.66 Å². The van der Waals surface area contributed by atoms with Gasteiger partial charge >= 0.3 is 0 Å². The number of nitro benzene ring substituents is 1. The normalized spacial score (nSPS) is 21.3. The maximum Gasteiger partial charge on any atom is 0.274 e. The standard InChI is InChI=1S/C15H15ClN4O2/c1-3-10(6-12-8-18-15(2,9-17)19-12)13-5-4-11(16)7-14(13)20(21)22/h4-5,7-8,10H,3,6H2,1-2H3. The average Bonchev–Trinajstić information content (AvgIpc) is 2.87. The molecule has 1 aliphatic heterocycles. The van der Waals surface area contributed by atoms with E-state index in [2.05, 4.69) is 9.98 Å². The van der Waals surface area contributed by atoms with Crippen molar-refractivity contribution in [1.29, 1.82) is 5.26 Å². The first-order chi connectivity index (χ1) is 10.4. The summed E-state index contributed by atoms with van der Waals surface area (Å²) in [7, 11) is 0. The summed E-state index contributed by atoms with van der Waals surface area (Å²) < 4.78 is 0. The maximum atomic E-state index is 11.2. The molecule has 0 fully saturated rings. The van der Waals surface area contributed by atoms with Crippen molar-refractivity contribution in [3.8, 4) is 6.07 Å². The van der Waals surface area contributed by atoms with Crippen molar-refractivity contribution in [2.45, 2.75) is 38.3 Å². The second kappa shape index (κ2) is 6.24. The molecule has 2 rings (SSSR count). The van der Waals surface area contributed by atoms with Crippen molar-refractivity contribution >= 4 is 29.2 Å². The molecular formula is C15H15ClN4O2. The van der Waals surface area contributed by atoms with Crippen LogP contribution < -0.4 is 0 Å². The Kier molecular flexibility index (Phi) is 4.57. The Bertz CT molecular complexity index is 708. The second-order valence-electron chi connectivity index (χ2n) is 5.26. The highest BCUT2D eigenvalue weighted by atomic mass is 35.5. The number of nitrogens with zero attached hydrogens (tertiary/aromatic N) is 4. The number of hydrogen-bond donors (Lipinski definition) is 0. The molecule has 1 heterocycles. The van der Waals surface area contributed by atoms with Crippen molar-refractivity contribution in [2.24, 2.45) is 9.98 Å². The van der Waals surface area contributed by atoms with E-state index in [9.17, 15) is 10.1 Å². The van der Waals surface area contributed by atoms with Crippen LogP contribution in [-0.2, 0) is 0 Å². The van der Waals surface area contributed by atoms with Gasteiger partial charge in [-0.15, -0.1) is 0 Å². The van der Waals surface area contributed by atoms with Crippen LogP contribution in [0.2, 0.25) is 5.02 Å². The van der Waals surface area contributed by atoms with Gasteiger partial charge in [-0.25, -0.2) is 9.98 Å². The zero-order chi connectivity index (χ0) is 16.3. The van der Waals surface area contributed by atoms with Crippen molar-refractivity contribution in [3.63, 3.8) is 0 Å². The van der Waals surface area contributed by atoms with Gasteiger partial charge < -0.3 is 0 Å². The van der Waals surface area contributed by atoms with E-state index in [1.807, 2.05) is 13.0 Å². The van der Waals surface area contributed by atoms with Gasteiger partial charge in [0.05, 0.1) is 10.6 Å². The van der Waals surface area contributed by atoms with Crippen LogP contribution in [0.4, 0.5) is 5.69 Å². The molecular weight excluding hydrogens is 304 g/mol. The zero-order valence-electron chi connectivity index (χ0n) is 12.3. The van der Waals surface area contributed by atoms with E-state index in [0.717, 1.165) is 0 Å². The van der Waals surface area contributed by atoms with E-state index in [-0.39, 0.29) is 11.6 Å². The largest absolute Gasteiger partial charge is 0.274 e. The van der Waals surface area contributed by atoms with Crippen molar-refractivity contribution in [2.75, 3.05) is 0 Å². The summed E-state index contributed by atoms with van der Waals surface area (Å²) in [5.41, 5.74) is 0.246. The fraction of sp³-hybridized carbons (Fsp3) is 0.400. The number of rotatable bonds is 5. The Morgan fingerprint density at radius 3 is 2.82 bits per heavy atom. The number of nitro groups is 1. The first-order valence-electron chi connectivity index (χ1n) is 6.87. The van der Waals surface area contributed by atoms with Crippen LogP contribution in [0.25, 0.3) is 0 Å². The minimum absolute atomic E-state index is 0.0120. The van der Waals surface area contributed by atoms with Crippen molar-refractivity contribution in [3.05, 3.63) is 38.9 Å². The van der Waals surface area contributed by atoms with Gasteiger partial charge in [0.15, 0.2) is 0 Å². The molecule has 0 saturated heterocycles. The summed E-state index contributed by atoms with van der Waals surface area (Å²) >= 11 is 5.85. The second-order valence-corrected chi connectivity index (χ2v) is 5.70. The van der Waals surface area contributed by atoms with Gasteiger partial charge in [0.1, 0.15) is 6.07 Å². The summed E-state index contributed by atoms with van der Waals surface area (Å²) in [6, 6.07) is 6.73. The third-order valence-corrected chi connectivity index (χ3v) is 3.85. The van der Waals surface area contributed by atoms with E-state index in [0.29, 0.717) is 29.1 Å². The van der Waals surface area contributed by atoms with Crippen LogP contribution in [-0.4, -0.2) is 22.5 Å². The Morgan fingerprint density at radius 1 is 1.55 bits per heavy atom. The highest BCUT2D eigenvalue weighted by Gasteiger charge is 2.28.